The first kappa shape index (κ1) is 13.0. The van der Waals surface area contributed by atoms with Crippen LogP contribution in [0.5, 0.6) is 0 Å². The van der Waals surface area contributed by atoms with Crippen LogP contribution in [0, 0.1) is 0 Å². The lowest BCUT2D eigenvalue weighted by Crippen LogP contribution is -2.33. The van der Waals surface area contributed by atoms with Gasteiger partial charge in [-0.05, 0) is 49.4 Å². The van der Waals surface area contributed by atoms with E-state index >= 15 is 0 Å². The second-order valence-electron chi connectivity index (χ2n) is 5.22. The number of nitrogens with zero attached hydrogens (tertiary/aromatic N) is 1. The van der Waals surface area contributed by atoms with Gasteiger partial charge in [0.15, 0.2) is 0 Å². The van der Waals surface area contributed by atoms with Crippen LogP contribution in [-0.2, 0) is 13.0 Å². The van der Waals surface area contributed by atoms with Crippen molar-refractivity contribution in [3.63, 3.8) is 0 Å². The van der Waals surface area contributed by atoms with Gasteiger partial charge in [-0.25, -0.2) is 0 Å². The Labute approximate surface area is 118 Å². The molecular formula is C14H22N2S2. The molecule has 0 saturated carbocycles. The standard InChI is InChI=1S/C14H22N2S2/c1-5-15-6-2-13(1)17-10-8-16-7-3-14-12(11-16)4-9-18-14/h4,9,13,15H,1-3,5-8,10-11H2. The van der Waals surface area contributed by atoms with Gasteiger partial charge in [-0.2, -0.15) is 11.8 Å². The third-order valence-electron chi connectivity index (χ3n) is 3.93. The van der Waals surface area contributed by atoms with E-state index in [1.165, 1.54) is 57.7 Å². The van der Waals surface area contributed by atoms with Gasteiger partial charge in [0, 0.05) is 35.5 Å². The molecule has 0 unspecified atom stereocenters. The molecule has 0 amide bonds. The van der Waals surface area contributed by atoms with Gasteiger partial charge < -0.3 is 5.32 Å². The zero-order chi connectivity index (χ0) is 12.2. The Bertz CT molecular complexity index is 372. The largest absolute Gasteiger partial charge is 0.317 e. The Hall–Kier alpha value is -0.0300. The van der Waals surface area contributed by atoms with Gasteiger partial charge in [0.05, 0.1) is 0 Å². The second-order valence-corrected chi connectivity index (χ2v) is 7.62. The van der Waals surface area contributed by atoms with Gasteiger partial charge in [-0.3, -0.25) is 4.90 Å². The fraction of sp³-hybridized carbons (Fsp3) is 0.714. The molecule has 100 valence electrons. The van der Waals surface area contributed by atoms with E-state index in [0.29, 0.717) is 0 Å². The molecule has 0 bridgehead atoms. The minimum atomic E-state index is 0.910. The van der Waals surface area contributed by atoms with Crippen LogP contribution in [0.1, 0.15) is 23.3 Å². The summed E-state index contributed by atoms with van der Waals surface area (Å²) < 4.78 is 0. The van der Waals surface area contributed by atoms with Crippen molar-refractivity contribution in [3.05, 3.63) is 21.9 Å². The van der Waals surface area contributed by atoms with E-state index in [2.05, 4.69) is 33.4 Å². The number of hydrogen-bond acceptors (Lipinski definition) is 4. The zero-order valence-electron chi connectivity index (χ0n) is 10.9. The fourth-order valence-corrected chi connectivity index (χ4v) is 4.96. The Balaban J connectivity index is 1.39. The molecule has 1 aromatic heterocycles. The SMILES string of the molecule is c1cc2c(s1)CCN(CCSC1CCNCC1)C2. The minimum absolute atomic E-state index is 0.910. The van der Waals surface area contributed by atoms with Crippen LogP contribution >= 0.6 is 23.1 Å². The minimum Gasteiger partial charge on any atom is -0.317 e. The van der Waals surface area contributed by atoms with Crippen molar-refractivity contribution in [2.45, 2.75) is 31.1 Å². The Kier molecular flexibility index (Phi) is 4.63. The van der Waals surface area contributed by atoms with E-state index in [1.807, 2.05) is 11.3 Å². The maximum Gasteiger partial charge on any atom is 0.0245 e. The molecule has 0 spiro atoms. The maximum atomic E-state index is 3.44. The summed E-state index contributed by atoms with van der Waals surface area (Å²) in [6.45, 7) is 6.16. The van der Waals surface area contributed by atoms with Crippen LogP contribution in [0.15, 0.2) is 11.4 Å². The molecule has 1 fully saturated rings. The molecule has 0 radical (unpaired) electrons. The quantitative estimate of drug-likeness (QED) is 0.914. The van der Waals surface area contributed by atoms with Crippen molar-refractivity contribution in [1.29, 1.82) is 0 Å². The lowest BCUT2D eigenvalue weighted by molar-refractivity contribution is 0.272. The molecule has 3 rings (SSSR count). The summed E-state index contributed by atoms with van der Waals surface area (Å²) in [6.07, 6.45) is 3.99. The van der Waals surface area contributed by atoms with Crippen molar-refractivity contribution in [2.75, 3.05) is 31.9 Å². The number of thiophene rings is 1. The number of fused-ring (bicyclic) bond motifs is 1. The Morgan fingerprint density at radius 3 is 3.17 bits per heavy atom. The molecular weight excluding hydrogens is 260 g/mol. The normalized spacial score (nSPS) is 22.0. The summed E-state index contributed by atoms with van der Waals surface area (Å²) in [5.41, 5.74) is 1.58. The molecule has 3 heterocycles. The number of piperidine rings is 1. The second kappa shape index (κ2) is 6.42. The number of rotatable bonds is 4. The van der Waals surface area contributed by atoms with Gasteiger partial charge >= 0.3 is 0 Å². The lowest BCUT2D eigenvalue weighted by atomic mass is 10.1. The summed E-state index contributed by atoms with van der Waals surface area (Å²) in [5, 5.41) is 6.60. The Morgan fingerprint density at radius 1 is 1.39 bits per heavy atom. The molecule has 18 heavy (non-hydrogen) atoms. The highest BCUT2D eigenvalue weighted by Gasteiger charge is 2.18. The first-order valence-corrected chi connectivity index (χ1v) is 8.94. The summed E-state index contributed by atoms with van der Waals surface area (Å²) in [6, 6.07) is 2.31. The zero-order valence-corrected chi connectivity index (χ0v) is 12.5. The maximum absolute atomic E-state index is 3.44. The predicted octanol–water partition coefficient (Wildman–Crippen LogP) is 2.59. The van der Waals surface area contributed by atoms with E-state index in [-0.39, 0.29) is 0 Å². The molecule has 1 aromatic rings. The van der Waals surface area contributed by atoms with Gasteiger partial charge in [0.2, 0.25) is 0 Å². The molecule has 0 aliphatic carbocycles. The Morgan fingerprint density at radius 2 is 2.28 bits per heavy atom. The van der Waals surface area contributed by atoms with Gasteiger partial charge in [0.25, 0.3) is 0 Å². The highest BCUT2D eigenvalue weighted by molar-refractivity contribution is 7.99. The molecule has 1 N–H and O–H groups in total. The van der Waals surface area contributed by atoms with Crippen LogP contribution in [0.4, 0.5) is 0 Å². The molecule has 0 atom stereocenters. The molecule has 2 aliphatic heterocycles. The van der Waals surface area contributed by atoms with Gasteiger partial charge in [-0.1, -0.05) is 0 Å². The lowest BCUT2D eigenvalue weighted by Gasteiger charge is -2.28. The van der Waals surface area contributed by atoms with E-state index in [9.17, 15) is 0 Å². The molecule has 0 aromatic carbocycles. The first-order valence-electron chi connectivity index (χ1n) is 7.02. The number of thioether (sulfide) groups is 1. The first-order chi connectivity index (χ1) is 8.92. The molecule has 1 saturated heterocycles. The molecule has 2 nitrogen and oxygen atoms in total. The van der Waals surface area contributed by atoms with Crippen LogP contribution in [0.3, 0.4) is 0 Å². The average molecular weight is 282 g/mol. The van der Waals surface area contributed by atoms with Crippen LogP contribution in [-0.4, -0.2) is 42.1 Å². The number of nitrogens with one attached hydrogen (secondary N) is 1. The third kappa shape index (κ3) is 3.29. The molecule has 4 heteroatoms. The predicted molar refractivity (Wildman–Crippen MR) is 81.6 cm³/mol. The van der Waals surface area contributed by atoms with Crippen molar-refractivity contribution in [2.24, 2.45) is 0 Å². The summed E-state index contributed by atoms with van der Waals surface area (Å²) in [7, 11) is 0. The fourth-order valence-electron chi connectivity index (χ4n) is 2.81. The summed E-state index contributed by atoms with van der Waals surface area (Å²) in [4.78, 5) is 4.25. The van der Waals surface area contributed by atoms with Crippen LogP contribution < -0.4 is 5.32 Å². The summed E-state index contributed by atoms with van der Waals surface area (Å²) in [5.74, 6) is 1.31. The van der Waals surface area contributed by atoms with Crippen LogP contribution in [0.25, 0.3) is 0 Å². The van der Waals surface area contributed by atoms with Crippen molar-refractivity contribution in [1.82, 2.24) is 10.2 Å². The van der Waals surface area contributed by atoms with E-state index < -0.39 is 0 Å². The highest BCUT2D eigenvalue weighted by Crippen LogP contribution is 2.25. The number of hydrogen-bond donors (Lipinski definition) is 1. The van der Waals surface area contributed by atoms with Gasteiger partial charge in [-0.15, -0.1) is 11.3 Å². The van der Waals surface area contributed by atoms with Crippen molar-refractivity contribution < 1.29 is 0 Å². The van der Waals surface area contributed by atoms with Crippen LogP contribution in [0.2, 0.25) is 0 Å². The summed E-state index contributed by atoms with van der Waals surface area (Å²) >= 11 is 4.13. The van der Waals surface area contributed by atoms with Crippen molar-refractivity contribution in [3.8, 4) is 0 Å². The van der Waals surface area contributed by atoms with Gasteiger partial charge in [0.1, 0.15) is 0 Å². The molecule has 2 aliphatic rings. The average Bonchev–Trinajstić information content (AvgIpc) is 2.87. The van der Waals surface area contributed by atoms with Crippen molar-refractivity contribution >= 4 is 23.1 Å². The van der Waals surface area contributed by atoms with E-state index in [4.69, 9.17) is 0 Å². The smallest absolute Gasteiger partial charge is 0.0245 e. The van der Waals surface area contributed by atoms with E-state index in [1.54, 1.807) is 10.4 Å². The topological polar surface area (TPSA) is 15.3 Å². The van der Waals surface area contributed by atoms with E-state index in [0.717, 1.165) is 5.25 Å². The third-order valence-corrected chi connectivity index (χ3v) is 6.32. The highest BCUT2D eigenvalue weighted by atomic mass is 32.2. The monoisotopic (exact) mass is 282 g/mol.